The maximum absolute atomic E-state index is 11.5. The molecule has 1 aromatic rings. The van der Waals surface area contributed by atoms with Crippen molar-refractivity contribution in [2.45, 2.75) is 12.8 Å². The molecule has 1 aliphatic carbocycles. The van der Waals surface area contributed by atoms with Gasteiger partial charge in [0, 0.05) is 9.26 Å². The van der Waals surface area contributed by atoms with Crippen LogP contribution in [0.5, 0.6) is 0 Å². The minimum absolute atomic E-state index is 0. The minimum Gasteiger partial charge on any atom is -0.325 e. The number of hydrogen-bond acceptors (Lipinski definition) is 2. The Kier molecular flexibility index (Phi) is 6.22. The maximum atomic E-state index is 11.5. The number of benzene rings is 1. The Bertz CT molecular complexity index is 365. The van der Waals surface area contributed by atoms with Gasteiger partial charge in [0.2, 0.25) is 5.91 Å². The van der Waals surface area contributed by atoms with Crippen LogP contribution in [0, 0.1) is 9.49 Å². The fraction of sp³-hybridized carbons (Fsp3) is 0.417. The van der Waals surface area contributed by atoms with Gasteiger partial charge in [0.1, 0.15) is 0 Å². The van der Waals surface area contributed by atoms with Gasteiger partial charge in [-0.15, -0.1) is 12.4 Å². The van der Waals surface area contributed by atoms with Gasteiger partial charge in [0.05, 0.1) is 6.54 Å². The molecule has 0 bridgehead atoms. The average molecular weight is 367 g/mol. The highest BCUT2D eigenvalue weighted by atomic mass is 127. The summed E-state index contributed by atoms with van der Waals surface area (Å²) in [6.45, 7) is 1.38. The van der Waals surface area contributed by atoms with E-state index in [2.05, 4.69) is 33.2 Å². The molecule has 5 heteroatoms. The van der Waals surface area contributed by atoms with Crippen LogP contribution in [0.25, 0.3) is 0 Å². The molecule has 0 spiro atoms. The molecule has 0 radical (unpaired) electrons. The predicted octanol–water partition coefficient (Wildman–Crippen LogP) is 2.65. The summed E-state index contributed by atoms with van der Waals surface area (Å²) in [6.07, 6.45) is 2.62. The first-order valence-corrected chi connectivity index (χ1v) is 6.58. The van der Waals surface area contributed by atoms with Crippen LogP contribution in [-0.4, -0.2) is 19.0 Å². The van der Waals surface area contributed by atoms with Gasteiger partial charge in [-0.3, -0.25) is 4.79 Å². The highest BCUT2D eigenvalue weighted by Gasteiger charge is 2.20. The summed E-state index contributed by atoms with van der Waals surface area (Å²) >= 11 is 2.24. The topological polar surface area (TPSA) is 41.1 Å². The van der Waals surface area contributed by atoms with E-state index in [0.29, 0.717) is 6.54 Å². The number of amides is 1. The lowest BCUT2D eigenvalue weighted by atomic mass is 10.3. The fourth-order valence-corrected chi connectivity index (χ4v) is 1.81. The molecule has 94 valence electrons. The molecular formula is C12H16ClIN2O. The zero-order valence-electron chi connectivity index (χ0n) is 9.41. The summed E-state index contributed by atoms with van der Waals surface area (Å²) < 4.78 is 1.17. The molecule has 0 atom stereocenters. The molecule has 1 fully saturated rings. The third kappa shape index (κ3) is 5.70. The molecule has 2 N–H and O–H groups in total. The first-order valence-electron chi connectivity index (χ1n) is 5.50. The normalized spacial score (nSPS) is 13.9. The van der Waals surface area contributed by atoms with E-state index in [-0.39, 0.29) is 18.3 Å². The van der Waals surface area contributed by atoms with Crippen molar-refractivity contribution in [3.63, 3.8) is 0 Å². The Hall–Kier alpha value is -0.330. The average Bonchev–Trinajstić information content (AvgIpc) is 3.05. The van der Waals surface area contributed by atoms with Gasteiger partial charge in [-0.1, -0.05) is 0 Å². The van der Waals surface area contributed by atoms with Crippen molar-refractivity contribution in [1.82, 2.24) is 5.32 Å². The summed E-state index contributed by atoms with van der Waals surface area (Å²) in [6, 6.07) is 7.79. The highest BCUT2D eigenvalue weighted by Crippen LogP contribution is 2.27. The molecule has 0 saturated heterocycles. The smallest absolute Gasteiger partial charge is 0.238 e. The third-order valence-electron chi connectivity index (χ3n) is 2.54. The lowest BCUT2D eigenvalue weighted by Gasteiger charge is -2.06. The van der Waals surface area contributed by atoms with Crippen molar-refractivity contribution in [2.24, 2.45) is 5.92 Å². The van der Waals surface area contributed by atoms with E-state index in [1.807, 2.05) is 24.3 Å². The van der Waals surface area contributed by atoms with Crippen molar-refractivity contribution in [3.05, 3.63) is 27.8 Å². The van der Waals surface area contributed by atoms with E-state index >= 15 is 0 Å². The van der Waals surface area contributed by atoms with Gasteiger partial charge >= 0.3 is 0 Å². The van der Waals surface area contributed by atoms with Crippen molar-refractivity contribution < 1.29 is 4.79 Å². The van der Waals surface area contributed by atoms with Crippen LogP contribution in [-0.2, 0) is 4.79 Å². The van der Waals surface area contributed by atoms with Crippen LogP contribution in [0.3, 0.4) is 0 Å². The van der Waals surface area contributed by atoms with E-state index in [1.165, 1.54) is 16.4 Å². The summed E-state index contributed by atoms with van der Waals surface area (Å²) in [4.78, 5) is 11.5. The number of rotatable bonds is 5. The third-order valence-corrected chi connectivity index (χ3v) is 3.26. The van der Waals surface area contributed by atoms with Gasteiger partial charge < -0.3 is 10.6 Å². The minimum atomic E-state index is 0. The SMILES string of the molecule is Cl.O=C(CNCC1CC1)Nc1ccc(I)cc1. The van der Waals surface area contributed by atoms with Gasteiger partial charge in [0.15, 0.2) is 0 Å². The Morgan fingerprint density at radius 3 is 2.53 bits per heavy atom. The van der Waals surface area contributed by atoms with Gasteiger partial charge in [-0.2, -0.15) is 0 Å². The zero-order chi connectivity index (χ0) is 11.4. The molecule has 3 nitrogen and oxygen atoms in total. The van der Waals surface area contributed by atoms with Crippen LogP contribution in [0.2, 0.25) is 0 Å². The summed E-state index contributed by atoms with van der Waals surface area (Å²) in [5.41, 5.74) is 0.860. The molecule has 1 amide bonds. The van der Waals surface area contributed by atoms with E-state index in [9.17, 15) is 4.79 Å². The van der Waals surface area contributed by atoms with Crippen molar-refractivity contribution in [1.29, 1.82) is 0 Å². The van der Waals surface area contributed by atoms with E-state index in [4.69, 9.17) is 0 Å². The molecule has 0 heterocycles. The number of carbonyl (C=O) groups excluding carboxylic acids is 1. The lowest BCUT2D eigenvalue weighted by Crippen LogP contribution is -2.29. The zero-order valence-corrected chi connectivity index (χ0v) is 12.4. The molecule has 2 rings (SSSR count). The van der Waals surface area contributed by atoms with E-state index in [0.717, 1.165) is 18.2 Å². The van der Waals surface area contributed by atoms with E-state index < -0.39 is 0 Å². The van der Waals surface area contributed by atoms with Crippen LogP contribution in [0.1, 0.15) is 12.8 Å². The first kappa shape index (κ1) is 14.7. The maximum Gasteiger partial charge on any atom is 0.238 e. The van der Waals surface area contributed by atoms with Crippen LogP contribution in [0.4, 0.5) is 5.69 Å². The molecule has 0 aromatic heterocycles. The Morgan fingerprint density at radius 2 is 1.94 bits per heavy atom. The first-order chi connectivity index (χ1) is 7.74. The van der Waals surface area contributed by atoms with Gasteiger partial charge in [-0.05, 0) is 72.2 Å². The van der Waals surface area contributed by atoms with Crippen LogP contribution < -0.4 is 10.6 Å². The van der Waals surface area contributed by atoms with E-state index in [1.54, 1.807) is 0 Å². The predicted molar refractivity (Wildman–Crippen MR) is 80.6 cm³/mol. The van der Waals surface area contributed by atoms with Crippen LogP contribution in [0.15, 0.2) is 24.3 Å². The second-order valence-electron chi connectivity index (χ2n) is 4.13. The van der Waals surface area contributed by atoms with Gasteiger partial charge in [0.25, 0.3) is 0 Å². The number of nitrogens with one attached hydrogen (secondary N) is 2. The molecule has 17 heavy (non-hydrogen) atoms. The Balaban J connectivity index is 0.00000144. The molecular weight excluding hydrogens is 351 g/mol. The molecule has 1 aliphatic rings. The standard InChI is InChI=1S/C12H15IN2O.ClH/c13-10-3-5-11(6-4-10)15-12(16)8-14-7-9-1-2-9;/h3-6,9,14H,1-2,7-8H2,(H,15,16);1H. The molecule has 1 aromatic carbocycles. The summed E-state index contributed by atoms with van der Waals surface area (Å²) in [7, 11) is 0. The summed E-state index contributed by atoms with van der Waals surface area (Å²) in [5, 5.41) is 6.02. The van der Waals surface area contributed by atoms with Crippen molar-refractivity contribution in [2.75, 3.05) is 18.4 Å². The lowest BCUT2D eigenvalue weighted by molar-refractivity contribution is -0.115. The molecule has 1 saturated carbocycles. The fourth-order valence-electron chi connectivity index (χ4n) is 1.45. The van der Waals surface area contributed by atoms with Crippen LogP contribution >= 0.6 is 35.0 Å². The Labute approximate surface area is 121 Å². The highest BCUT2D eigenvalue weighted by molar-refractivity contribution is 14.1. The van der Waals surface area contributed by atoms with Gasteiger partial charge in [-0.25, -0.2) is 0 Å². The number of anilines is 1. The Morgan fingerprint density at radius 1 is 1.29 bits per heavy atom. The second kappa shape index (κ2) is 7.18. The quantitative estimate of drug-likeness (QED) is 0.787. The monoisotopic (exact) mass is 366 g/mol. The largest absolute Gasteiger partial charge is 0.325 e. The number of halogens is 2. The molecule has 0 aliphatic heterocycles. The molecule has 0 unspecified atom stereocenters. The van der Waals surface area contributed by atoms with Crippen molar-refractivity contribution >= 4 is 46.6 Å². The number of hydrogen-bond donors (Lipinski definition) is 2. The second-order valence-corrected chi connectivity index (χ2v) is 5.37. The summed E-state index contributed by atoms with van der Waals surface area (Å²) in [5.74, 6) is 0.841. The van der Waals surface area contributed by atoms with Crippen molar-refractivity contribution in [3.8, 4) is 0 Å². The number of carbonyl (C=O) groups is 1.